The van der Waals surface area contributed by atoms with Crippen LogP contribution in [0.25, 0.3) is 0 Å². The fourth-order valence-electron chi connectivity index (χ4n) is 1.82. The molecule has 0 saturated heterocycles. The van der Waals surface area contributed by atoms with Crippen LogP contribution in [0.1, 0.15) is 37.0 Å². The second-order valence-electron chi connectivity index (χ2n) is 4.64. The number of urea groups is 1. The molecule has 1 aromatic carbocycles. The molecule has 0 aliphatic carbocycles. The first-order valence-corrected chi connectivity index (χ1v) is 7.03. The highest BCUT2D eigenvalue weighted by Crippen LogP contribution is 2.25. The van der Waals surface area contributed by atoms with E-state index in [1.54, 1.807) is 18.2 Å². The Bertz CT molecular complexity index is 558. The number of anilines is 2. The minimum absolute atomic E-state index is 0.103. The fourth-order valence-corrected chi connectivity index (χ4v) is 1.82. The molecule has 0 spiro atoms. The number of hydrogen-bond acceptors (Lipinski definition) is 4. The van der Waals surface area contributed by atoms with Crippen molar-refractivity contribution in [2.45, 2.75) is 26.7 Å². The summed E-state index contributed by atoms with van der Waals surface area (Å²) in [7, 11) is 1.23. The lowest BCUT2D eigenvalue weighted by Crippen LogP contribution is -2.30. The summed E-state index contributed by atoms with van der Waals surface area (Å²) >= 11 is 0. The molecule has 0 fully saturated rings. The van der Waals surface area contributed by atoms with Crippen molar-refractivity contribution in [2.75, 3.05) is 24.3 Å². The Balaban J connectivity index is 2.99. The molecule has 1 aromatic rings. The number of ether oxygens (including phenoxy) is 1. The molecular weight excluding hydrogens is 286 g/mol. The van der Waals surface area contributed by atoms with Crippen molar-refractivity contribution in [1.29, 1.82) is 0 Å². The largest absolute Gasteiger partial charge is 0.465 e. The summed E-state index contributed by atoms with van der Waals surface area (Å²) in [4.78, 5) is 35.0. The zero-order valence-electron chi connectivity index (χ0n) is 13.0. The first kappa shape index (κ1) is 17.5. The van der Waals surface area contributed by atoms with Crippen LogP contribution in [-0.4, -0.2) is 31.6 Å². The summed E-state index contributed by atoms with van der Waals surface area (Å²) in [6, 6.07) is 4.34. The standard InChI is InChI=1S/C15H21N3O4/c1-4-5-9-16-15(21)18-12-8-6-7-11(17-10(2)19)13(12)14(20)22-3/h6-8H,4-5,9H2,1-3H3,(H,17,19)(H2,16,18,21). The van der Waals surface area contributed by atoms with Gasteiger partial charge in [0.2, 0.25) is 5.91 Å². The van der Waals surface area contributed by atoms with Crippen LogP contribution >= 0.6 is 0 Å². The van der Waals surface area contributed by atoms with Gasteiger partial charge in [-0.1, -0.05) is 19.4 Å². The third-order valence-electron chi connectivity index (χ3n) is 2.83. The Labute approximate surface area is 129 Å². The van der Waals surface area contributed by atoms with Crippen molar-refractivity contribution in [1.82, 2.24) is 5.32 Å². The summed E-state index contributed by atoms with van der Waals surface area (Å²) in [5.74, 6) is -0.970. The quantitative estimate of drug-likeness (QED) is 0.555. The average Bonchev–Trinajstić information content (AvgIpc) is 2.46. The maximum atomic E-state index is 11.9. The second-order valence-corrected chi connectivity index (χ2v) is 4.64. The highest BCUT2D eigenvalue weighted by Gasteiger charge is 2.19. The van der Waals surface area contributed by atoms with Crippen LogP contribution in [0.2, 0.25) is 0 Å². The summed E-state index contributed by atoms with van der Waals surface area (Å²) in [6.07, 6.45) is 1.83. The van der Waals surface area contributed by atoms with E-state index in [-0.39, 0.29) is 22.8 Å². The zero-order chi connectivity index (χ0) is 16.5. The van der Waals surface area contributed by atoms with Gasteiger partial charge < -0.3 is 20.7 Å². The lowest BCUT2D eigenvalue weighted by atomic mass is 10.1. The molecule has 3 amide bonds. The van der Waals surface area contributed by atoms with Crippen molar-refractivity contribution >= 4 is 29.3 Å². The van der Waals surface area contributed by atoms with E-state index >= 15 is 0 Å². The van der Waals surface area contributed by atoms with Crippen LogP contribution in [0.5, 0.6) is 0 Å². The number of benzene rings is 1. The summed E-state index contributed by atoms with van der Waals surface area (Å²) in [6.45, 7) is 3.89. The van der Waals surface area contributed by atoms with Crippen molar-refractivity contribution in [3.05, 3.63) is 23.8 Å². The second kappa shape index (κ2) is 8.66. The van der Waals surface area contributed by atoms with Gasteiger partial charge in [0.15, 0.2) is 0 Å². The molecule has 7 nitrogen and oxygen atoms in total. The molecule has 0 aliphatic rings. The molecule has 0 aliphatic heterocycles. The number of methoxy groups -OCH3 is 1. The van der Waals surface area contributed by atoms with Crippen LogP contribution < -0.4 is 16.0 Å². The molecule has 22 heavy (non-hydrogen) atoms. The monoisotopic (exact) mass is 307 g/mol. The number of amides is 3. The van der Waals surface area contributed by atoms with Gasteiger partial charge in [0.25, 0.3) is 0 Å². The zero-order valence-corrected chi connectivity index (χ0v) is 13.0. The van der Waals surface area contributed by atoms with Crippen LogP contribution in [0.4, 0.5) is 16.2 Å². The van der Waals surface area contributed by atoms with Gasteiger partial charge in [0.05, 0.1) is 18.5 Å². The highest BCUT2D eigenvalue weighted by atomic mass is 16.5. The normalized spacial score (nSPS) is 9.77. The number of hydrogen-bond donors (Lipinski definition) is 3. The van der Waals surface area contributed by atoms with Gasteiger partial charge in [0, 0.05) is 13.5 Å². The topological polar surface area (TPSA) is 96.5 Å². The molecule has 3 N–H and O–H groups in total. The number of carbonyl (C=O) groups excluding carboxylic acids is 3. The maximum absolute atomic E-state index is 11.9. The molecule has 1 rings (SSSR count). The molecular formula is C15H21N3O4. The van der Waals surface area contributed by atoms with Gasteiger partial charge in [-0.05, 0) is 18.6 Å². The number of carbonyl (C=O) groups is 3. The predicted molar refractivity (Wildman–Crippen MR) is 84.0 cm³/mol. The molecule has 0 heterocycles. The Kier molecular flexibility index (Phi) is 6.88. The lowest BCUT2D eigenvalue weighted by molar-refractivity contribution is -0.114. The van der Waals surface area contributed by atoms with E-state index in [2.05, 4.69) is 16.0 Å². The number of rotatable bonds is 6. The predicted octanol–water partition coefficient (Wildman–Crippen LogP) is 2.35. The van der Waals surface area contributed by atoms with Gasteiger partial charge >= 0.3 is 12.0 Å². The summed E-state index contributed by atoms with van der Waals surface area (Å²) in [5, 5.41) is 7.83. The van der Waals surface area contributed by atoms with E-state index in [1.807, 2.05) is 6.92 Å². The average molecular weight is 307 g/mol. The van der Waals surface area contributed by atoms with Gasteiger partial charge in [-0.15, -0.1) is 0 Å². The Hall–Kier alpha value is -2.57. The molecule has 7 heteroatoms. The number of nitrogens with one attached hydrogen (secondary N) is 3. The summed E-state index contributed by atoms with van der Waals surface area (Å²) in [5.41, 5.74) is 0.656. The van der Waals surface area contributed by atoms with Crippen LogP contribution in [0.3, 0.4) is 0 Å². The van der Waals surface area contributed by atoms with Gasteiger partial charge in [-0.2, -0.15) is 0 Å². The van der Waals surface area contributed by atoms with E-state index in [1.165, 1.54) is 14.0 Å². The van der Waals surface area contributed by atoms with Crippen molar-refractivity contribution in [2.24, 2.45) is 0 Å². The van der Waals surface area contributed by atoms with Gasteiger partial charge in [-0.3, -0.25) is 4.79 Å². The minimum atomic E-state index is -0.645. The molecule has 120 valence electrons. The van der Waals surface area contributed by atoms with Gasteiger partial charge in [0.1, 0.15) is 5.56 Å². The first-order chi connectivity index (χ1) is 10.5. The Morgan fingerprint density at radius 3 is 2.32 bits per heavy atom. The molecule has 0 saturated carbocycles. The first-order valence-electron chi connectivity index (χ1n) is 7.03. The van der Waals surface area contributed by atoms with Gasteiger partial charge in [-0.25, -0.2) is 9.59 Å². The molecule has 0 aromatic heterocycles. The molecule has 0 radical (unpaired) electrons. The third kappa shape index (κ3) is 5.08. The van der Waals surface area contributed by atoms with E-state index < -0.39 is 12.0 Å². The van der Waals surface area contributed by atoms with E-state index in [9.17, 15) is 14.4 Å². The van der Waals surface area contributed by atoms with Crippen molar-refractivity contribution in [3.8, 4) is 0 Å². The van der Waals surface area contributed by atoms with Crippen LogP contribution in [0.15, 0.2) is 18.2 Å². The van der Waals surface area contributed by atoms with Crippen molar-refractivity contribution in [3.63, 3.8) is 0 Å². The van der Waals surface area contributed by atoms with Crippen LogP contribution in [0, 0.1) is 0 Å². The smallest absolute Gasteiger partial charge is 0.342 e. The highest BCUT2D eigenvalue weighted by molar-refractivity contribution is 6.07. The molecule has 0 bridgehead atoms. The molecule has 0 atom stereocenters. The third-order valence-corrected chi connectivity index (χ3v) is 2.83. The Morgan fingerprint density at radius 1 is 1.14 bits per heavy atom. The number of unbranched alkanes of at least 4 members (excludes halogenated alkanes) is 1. The minimum Gasteiger partial charge on any atom is -0.465 e. The van der Waals surface area contributed by atoms with E-state index in [0.29, 0.717) is 6.54 Å². The summed E-state index contributed by atoms with van der Waals surface area (Å²) < 4.78 is 4.72. The molecule has 0 unspecified atom stereocenters. The van der Waals surface area contributed by atoms with E-state index in [4.69, 9.17) is 4.74 Å². The van der Waals surface area contributed by atoms with Crippen LogP contribution in [-0.2, 0) is 9.53 Å². The van der Waals surface area contributed by atoms with E-state index in [0.717, 1.165) is 12.8 Å². The van der Waals surface area contributed by atoms with Crippen molar-refractivity contribution < 1.29 is 19.1 Å². The fraction of sp³-hybridized carbons (Fsp3) is 0.400. The maximum Gasteiger partial charge on any atom is 0.342 e. The Morgan fingerprint density at radius 2 is 1.77 bits per heavy atom. The SMILES string of the molecule is CCCCNC(=O)Nc1cccc(NC(C)=O)c1C(=O)OC. The lowest BCUT2D eigenvalue weighted by Gasteiger charge is -2.14. The number of esters is 1.